The van der Waals surface area contributed by atoms with Gasteiger partial charge in [0.1, 0.15) is 0 Å². The molecule has 1 amide bonds. The quantitative estimate of drug-likeness (QED) is 0.393. The average molecular weight is 438 g/mol. The molecule has 2 rings (SSSR count). The van der Waals surface area contributed by atoms with E-state index >= 15 is 0 Å². The van der Waals surface area contributed by atoms with Crippen LogP contribution < -0.4 is 11.1 Å². The average Bonchev–Trinajstić information content (AvgIpc) is 3.27. The van der Waals surface area contributed by atoms with Gasteiger partial charge in [-0.2, -0.15) is 0 Å². The zero-order valence-corrected chi connectivity index (χ0v) is 16.8. The van der Waals surface area contributed by atoms with Crippen LogP contribution in [0.1, 0.15) is 46.5 Å². The van der Waals surface area contributed by atoms with Gasteiger partial charge >= 0.3 is 6.09 Å². The molecule has 1 aliphatic carbocycles. The van der Waals surface area contributed by atoms with Crippen molar-refractivity contribution in [2.24, 2.45) is 22.1 Å². The van der Waals surface area contributed by atoms with Gasteiger partial charge in [0.2, 0.25) is 0 Å². The molecule has 0 aromatic carbocycles. The molecular weight excluding hydrogens is 407 g/mol. The molecule has 7 heteroatoms. The SMILES string of the molecule is CCOC(=O)N1CCC(NC(N)=NCC2(C(C)C)CC2)CC1.I. The minimum absolute atomic E-state index is 0. The maximum atomic E-state index is 11.6. The van der Waals surface area contributed by atoms with Crippen LogP contribution in [0.15, 0.2) is 4.99 Å². The third-order valence-corrected chi connectivity index (χ3v) is 5.05. The van der Waals surface area contributed by atoms with Gasteiger partial charge in [-0.15, -0.1) is 24.0 Å². The maximum absolute atomic E-state index is 11.6. The van der Waals surface area contributed by atoms with Crippen molar-refractivity contribution >= 4 is 36.0 Å². The predicted molar refractivity (Wildman–Crippen MR) is 103 cm³/mol. The van der Waals surface area contributed by atoms with Crippen molar-refractivity contribution in [3.8, 4) is 0 Å². The van der Waals surface area contributed by atoms with E-state index in [0.29, 0.717) is 43.0 Å². The van der Waals surface area contributed by atoms with Crippen LogP contribution in [-0.4, -0.2) is 49.2 Å². The van der Waals surface area contributed by atoms with E-state index in [9.17, 15) is 4.79 Å². The summed E-state index contributed by atoms with van der Waals surface area (Å²) >= 11 is 0. The number of nitrogens with two attached hydrogens (primary N) is 1. The van der Waals surface area contributed by atoms with E-state index in [2.05, 4.69) is 24.2 Å². The number of piperidine rings is 1. The molecule has 1 saturated carbocycles. The Hall–Kier alpha value is -0.730. The van der Waals surface area contributed by atoms with Crippen molar-refractivity contribution in [2.75, 3.05) is 26.2 Å². The molecule has 1 saturated heterocycles. The highest BCUT2D eigenvalue weighted by atomic mass is 127. The van der Waals surface area contributed by atoms with Gasteiger partial charge in [0, 0.05) is 25.7 Å². The van der Waals surface area contributed by atoms with Gasteiger partial charge in [-0.1, -0.05) is 13.8 Å². The molecule has 0 atom stereocenters. The van der Waals surface area contributed by atoms with E-state index in [1.807, 2.05) is 6.92 Å². The van der Waals surface area contributed by atoms with Gasteiger partial charge in [0.15, 0.2) is 5.96 Å². The fraction of sp³-hybridized carbons (Fsp3) is 0.875. The molecule has 134 valence electrons. The highest BCUT2D eigenvalue weighted by Gasteiger charge is 2.45. The molecule has 0 aromatic heterocycles. The summed E-state index contributed by atoms with van der Waals surface area (Å²) in [6.07, 6.45) is 4.07. The zero-order chi connectivity index (χ0) is 16.2. The molecule has 0 spiro atoms. The Morgan fingerprint density at radius 1 is 1.39 bits per heavy atom. The number of nitrogens with one attached hydrogen (secondary N) is 1. The summed E-state index contributed by atoms with van der Waals surface area (Å²) in [5.41, 5.74) is 6.40. The lowest BCUT2D eigenvalue weighted by Gasteiger charge is -2.31. The summed E-state index contributed by atoms with van der Waals surface area (Å²) < 4.78 is 5.02. The standard InChI is InChI=1S/C16H30N4O2.HI/c1-4-22-15(21)20-9-5-13(6-10-20)19-14(17)18-11-16(7-8-16)12(2)3;/h12-13H,4-11H2,1-3H3,(H3,17,18,19);1H. The minimum atomic E-state index is -0.213. The second kappa shape index (κ2) is 8.94. The lowest BCUT2D eigenvalue weighted by Crippen LogP contribution is -2.48. The third kappa shape index (κ3) is 5.69. The molecule has 3 N–H and O–H groups in total. The number of hydrogen-bond donors (Lipinski definition) is 2. The van der Waals surface area contributed by atoms with E-state index in [-0.39, 0.29) is 30.1 Å². The van der Waals surface area contributed by atoms with E-state index in [1.165, 1.54) is 12.8 Å². The zero-order valence-electron chi connectivity index (χ0n) is 14.5. The number of amides is 1. The summed E-state index contributed by atoms with van der Waals surface area (Å²) in [6.45, 7) is 9.01. The Morgan fingerprint density at radius 3 is 2.48 bits per heavy atom. The van der Waals surface area contributed by atoms with E-state index in [1.54, 1.807) is 4.90 Å². The number of rotatable bonds is 5. The maximum Gasteiger partial charge on any atom is 0.409 e. The fourth-order valence-electron chi connectivity index (χ4n) is 3.00. The topological polar surface area (TPSA) is 80.0 Å². The van der Waals surface area contributed by atoms with E-state index in [0.717, 1.165) is 19.4 Å². The number of hydrogen-bond acceptors (Lipinski definition) is 3. The number of aliphatic imine (C=N–C) groups is 1. The molecule has 23 heavy (non-hydrogen) atoms. The Balaban J connectivity index is 0.00000264. The van der Waals surface area contributed by atoms with Crippen molar-refractivity contribution in [3.63, 3.8) is 0 Å². The summed E-state index contributed by atoms with van der Waals surface area (Å²) in [5, 5.41) is 3.30. The highest BCUT2D eigenvalue weighted by Crippen LogP contribution is 2.51. The Bertz CT molecular complexity index is 416. The van der Waals surface area contributed by atoms with Crippen LogP contribution in [0.3, 0.4) is 0 Å². The van der Waals surface area contributed by atoms with Crippen LogP contribution in [0.2, 0.25) is 0 Å². The molecule has 0 unspecified atom stereocenters. The number of nitrogens with zero attached hydrogens (tertiary/aromatic N) is 2. The molecule has 0 bridgehead atoms. The summed E-state index contributed by atoms with van der Waals surface area (Å²) in [4.78, 5) is 17.9. The van der Waals surface area contributed by atoms with Gasteiger partial charge in [0.05, 0.1) is 6.61 Å². The number of carbonyl (C=O) groups excluding carboxylic acids is 1. The number of ether oxygens (including phenoxy) is 1. The number of halogens is 1. The number of likely N-dealkylation sites (tertiary alicyclic amines) is 1. The second-order valence-corrected chi connectivity index (χ2v) is 6.82. The van der Waals surface area contributed by atoms with Crippen molar-refractivity contribution < 1.29 is 9.53 Å². The van der Waals surface area contributed by atoms with E-state index in [4.69, 9.17) is 10.5 Å². The first-order chi connectivity index (χ1) is 10.5. The summed E-state index contributed by atoms with van der Waals surface area (Å²) in [6, 6.07) is 0.295. The largest absolute Gasteiger partial charge is 0.450 e. The van der Waals surface area contributed by atoms with Crippen LogP contribution in [0, 0.1) is 11.3 Å². The van der Waals surface area contributed by atoms with Crippen LogP contribution in [0.5, 0.6) is 0 Å². The first kappa shape index (κ1) is 20.3. The first-order valence-corrected chi connectivity index (χ1v) is 8.45. The summed E-state index contributed by atoms with van der Waals surface area (Å²) in [7, 11) is 0. The van der Waals surface area contributed by atoms with Gasteiger partial charge in [-0.05, 0) is 43.9 Å². The Labute approximate surface area is 156 Å². The molecule has 6 nitrogen and oxygen atoms in total. The summed E-state index contributed by atoms with van der Waals surface area (Å²) in [5.74, 6) is 1.21. The van der Waals surface area contributed by atoms with Gasteiger partial charge in [-0.3, -0.25) is 4.99 Å². The van der Waals surface area contributed by atoms with Crippen molar-refractivity contribution in [1.29, 1.82) is 0 Å². The monoisotopic (exact) mass is 438 g/mol. The Morgan fingerprint density at radius 2 is 2.00 bits per heavy atom. The Kier molecular flexibility index (Phi) is 7.89. The molecule has 1 aliphatic heterocycles. The van der Waals surface area contributed by atoms with Gasteiger partial charge in [0.25, 0.3) is 0 Å². The first-order valence-electron chi connectivity index (χ1n) is 8.45. The predicted octanol–water partition coefficient (Wildman–Crippen LogP) is 2.57. The molecule has 1 heterocycles. The molecule has 0 radical (unpaired) electrons. The van der Waals surface area contributed by atoms with Crippen molar-refractivity contribution in [3.05, 3.63) is 0 Å². The molecule has 2 aliphatic rings. The van der Waals surface area contributed by atoms with E-state index < -0.39 is 0 Å². The molecule has 0 aromatic rings. The van der Waals surface area contributed by atoms with Gasteiger partial charge in [-0.25, -0.2) is 4.79 Å². The van der Waals surface area contributed by atoms with Gasteiger partial charge < -0.3 is 20.7 Å². The van der Waals surface area contributed by atoms with Crippen LogP contribution >= 0.6 is 24.0 Å². The smallest absolute Gasteiger partial charge is 0.409 e. The lowest BCUT2D eigenvalue weighted by atomic mass is 9.93. The van der Waals surface area contributed by atoms with Crippen LogP contribution in [0.4, 0.5) is 4.79 Å². The number of carbonyl (C=O) groups is 1. The fourth-order valence-corrected chi connectivity index (χ4v) is 3.00. The van der Waals surface area contributed by atoms with Crippen LogP contribution in [0.25, 0.3) is 0 Å². The number of guanidine groups is 1. The highest BCUT2D eigenvalue weighted by molar-refractivity contribution is 14.0. The normalized spacial score (nSPS) is 20.9. The van der Waals surface area contributed by atoms with Crippen molar-refractivity contribution in [2.45, 2.75) is 52.5 Å². The lowest BCUT2D eigenvalue weighted by molar-refractivity contribution is 0.0963. The second-order valence-electron chi connectivity index (χ2n) is 6.82. The van der Waals surface area contributed by atoms with Crippen molar-refractivity contribution in [1.82, 2.24) is 10.2 Å². The molecule has 2 fully saturated rings. The minimum Gasteiger partial charge on any atom is -0.450 e. The third-order valence-electron chi connectivity index (χ3n) is 5.05. The molecular formula is C16H31IN4O2. The van der Waals surface area contributed by atoms with Crippen LogP contribution in [-0.2, 0) is 4.74 Å².